The molecule has 2 rings (SSSR count). The first-order valence-electron chi connectivity index (χ1n) is 9.70. The Kier molecular flexibility index (Phi) is 7.61. The Bertz CT molecular complexity index is 1010. The lowest BCUT2D eigenvalue weighted by molar-refractivity contribution is -0.114. The lowest BCUT2D eigenvalue weighted by Crippen LogP contribution is -2.38. The highest BCUT2D eigenvalue weighted by molar-refractivity contribution is 7.92. The van der Waals surface area contributed by atoms with Gasteiger partial charge in [0.1, 0.15) is 6.54 Å². The minimum Gasteiger partial charge on any atom is -0.352 e. The Morgan fingerprint density at radius 3 is 2.20 bits per heavy atom. The number of carbonyl (C=O) groups is 2. The van der Waals surface area contributed by atoms with Crippen molar-refractivity contribution in [1.82, 2.24) is 5.32 Å². The molecule has 0 radical (unpaired) electrons. The summed E-state index contributed by atoms with van der Waals surface area (Å²) in [6.07, 6.45) is 1.06. The summed E-state index contributed by atoms with van der Waals surface area (Å²) in [6, 6.07) is 12.0. The highest BCUT2D eigenvalue weighted by Crippen LogP contribution is 2.22. The van der Waals surface area contributed by atoms with Crippen molar-refractivity contribution in [1.29, 1.82) is 0 Å². The molecule has 2 amide bonds. The van der Waals surface area contributed by atoms with E-state index in [1.807, 2.05) is 33.8 Å². The quantitative estimate of drug-likeness (QED) is 0.671. The maximum Gasteiger partial charge on any atom is 0.253 e. The first kappa shape index (κ1) is 23.4. The SMILES string of the molecule is Cc1cc(C)cc(N(CC(=O)Nc2ccccc2C(=O)NCC(C)C)S(C)(=O)=O)c1. The molecular formula is C22H29N3O4S. The molecule has 0 spiro atoms. The molecular weight excluding hydrogens is 402 g/mol. The predicted molar refractivity (Wildman–Crippen MR) is 120 cm³/mol. The predicted octanol–water partition coefficient (Wildman–Crippen LogP) is 3.09. The molecule has 0 atom stereocenters. The van der Waals surface area contributed by atoms with Crippen LogP contribution in [-0.4, -0.2) is 39.6 Å². The van der Waals surface area contributed by atoms with Gasteiger partial charge in [0, 0.05) is 6.54 Å². The molecule has 0 bridgehead atoms. The van der Waals surface area contributed by atoms with E-state index in [2.05, 4.69) is 10.6 Å². The second kappa shape index (κ2) is 9.75. The molecule has 0 heterocycles. The van der Waals surface area contributed by atoms with Gasteiger partial charge in [-0.1, -0.05) is 32.0 Å². The van der Waals surface area contributed by atoms with Gasteiger partial charge in [-0.2, -0.15) is 0 Å². The van der Waals surface area contributed by atoms with Crippen LogP contribution in [0.3, 0.4) is 0 Å². The molecule has 2 aromatic carbocycles. The molecule has 0 aromatic heterocycles. The fourth-order valence-electron chi connectivity index (χ4n) is 3.00. The first-order chi connectivity index (χ1) is 14.0. The second-order valence-electron chi connectivity index (χ2n) is 7.81. The van der Waals surface area contributed by atoms with E-state index in [0.717, 1.165) is 21.7 Å². The number of hydrogen-bond donors (Lipinski definition) is 2. The third kappa shape index (κ3) is 6.59. The highest BCUT2D eigenvalue weighted by atomic mass is 32.2. The number of rotatable bonds is 8. The molecule has 0 saturated heterocycles. The molecule has 0 saturated carbocycles. The molecule has 8 heteroatoms. The van der Waals surface area contributed by atoms with Crippen LogP contribution in [-0.2, 0) is 14.8 Å². The Hall–Kier alpha value is -2.87. The Balaban J connectivity index is 2.24. The zero-order valence-electron chi connectivity index (χ0n) is 18.0. The summed E-state index contributed by atoms with van der Waals surface area (Å²) in [5.41, 5.74) is 2.87. The number of amides is 2. The lowest BCUT2D eigenvalue weighted by atomic mass is 10.1. The van der Waals surface area contributed by atoms with Crippen LogP contribution >= 0.6 is 0 Å². The van der Waals surface area contributed by atoms with Crippen LogP contribution in [0.4, 0.5) is 11.4 Å². The van der Waals surface area contributed by atoms with Gasteiger partial charge in [0.2, 0.25) is 15.9 Å². The maximum atomic E-state index is 12.7. The molecule has 162 valence electrons. The van der Waals surface area contributed by atoms with Crippen molar-refractivity contribution in [2.45, 2.75) is 27.7 Å². The summed E-state index contributed by atoms with van der Waals surface area (Å²) >= 11 is 0. The normalized spacial score (nSPS) is 11.3. The number of aryl methyl sites for hydroxylation is 2. The van der Waals surface area contributed by atoms with E-state index in [1.54, 1.807) is 36.4 Å². The van der Waals surface area contributed by atoms with Crippen LogP contribution in [0.2, 0.25) is 0 Å². The van der Waals surface area contributed by atoms with Crippen molar-refractivity contribution >= 4 is 33.2 Å². The van der Waals surface area contributed by atoms with E-state index < -0.39 is 22.5 Å². The van der Waals surface area contributed by atoms with Gasteiger partial charge in [-0.3, -0.25) is 13.9 Å². The second-order valence-corrected chi connectivity index (χ2v) is 9.72. The largest absolute Gasteiger partial charge is 0.352 e. The minimum absolute atomic E-state index is 0.289. The van der Waals surface area contributed by atoms with Gasteiger partial charge in [0.15, 0.2) is 0 Å². The topological polar surface area (TPSA) is 95.6 Å². The molecule has 2 N–H and O–H groups in total. The highest BCUT2D eigenvalue weighted by Gasteiger charge is 2.22. The van der Waals surface area contributed by atoms with E-state index in [1.165, 1.54) is 0 Å². The van der Waals surface area contributed by atoms with E-state index in [0.29, 0.717) is 23.5 Å². The number of hydrogen-bond acceptors (Lipinski definition) is 4. The van der Waals surface area contributed by atoms with Gasteiger partial charge >= 0.3 is 0 Å². The van der Waals surface area contributed by atoms with Gasteiger partial charge in [0.25, 0.3) is 5.91 Å². The number of anilines is 2. The van der Waals surface area contributed by atoms with Crippen molar-refractivity contribution in [3.63, 3.8) is 0 Å². The smallest absolute Gasteiger partial charge is 0.253 e. The molecule has 0 aliphatic carbocycles. The Morgan fingerprint density at radius 2 is 1.63 bits per heavy atom. The van der Waals surface area contributed by atoms with Crippen molar-refractivity contribution in [3.8, 4) is 0 Å². The van der Waals surface area contributed by atoms with E-state index >= 15 is 0 Å². The molecule has 7 nitrogen and oxygen atoms in total. The van der Waals surface area contributed by atoms with Crippen LogP contribution in [0, 0.1) is 19.8 Å². The third-order valence-corrected chi connectivity index (χ3v) is 5.44. The Labute approximate surface area is 178 Å². The average molecular weight is 432 g/mol. The zero-order chi connectivity index (χ0) is 22.5. The maximum absolute atomic E-state index is 12.7. The summed E-state index contributed by atoms with van der Waals surface area (Å²) in [5, 5.41) is 5.49. The number of benzene rings is 2. The molecule has 0 aliphatic rings. The molecule has 0 fully saturated rings. The Morgan fingerprint density at radius 1 is 1.03 bits per heavy atom. The van der Waals surface area contributed by atoms with Gasteiger partial charge in [-0.25, -0.2) is 8.42 Å². The van der Waals surface area contributed by atoms with Crippen LogP contribution < -0.4 is 14.9 Å². The van der Waals surface area contributed by atoms with Crippen molar-refractivity contribution in [2.24, 2.45) is 5.92 Å². The number of para-hydroxylation sites is 1. The van der Waals surface area contributed by atoms with Crippen LogP contribution in [0.15, 0.2) is 42.5 Å². The summed E-state index contributed by atoms with van der Waals surface area (Å²) in [4.78, 5) is 25.2. The summed E-state index contributed by atoms with van der Waals surface area (Å²) in [7, 11) is -3.69. The lowest BCUT2D eigenvalue weighted by Gasteiger charge is -2.23. The fourth-order valence-corrected chi connectivity index (χ4v) is 3.84. The minimum atomic E-state index is -3.69. The van der Waals surface area contributed by atoms with Crippen LogP contribution in [0.25, 0.3) is 0 Å². The summed E-state index contributed by atoms with van der Waals surface area (Å²) in [5.74, 6) is -0.547. The third-order valence-electron chi connectivity index (χ3n) is 4.30. The monoisotopic (exact) mass is 431 g/mol. The number of nitrogens with zero attached hydrogens (tertiary/aromatic N) is 1. The number of nitrogens with one attached hydrogen (secondary N) is 2. The van der Waals surface area contributed by atoms with Gasteiger partial charge in [0.05, 0.1) is 23.2 Å². The summed E-state index contributed by atoms with van der Waals surface area (Å²) in [6.45, 7) is 7.81. The van der Waals surface area contributed by atoms with E-state index in [4.69, 9.17) is 0 Å². The van der Waals surface area contributed by atoms with Crippen molar-refractivity contribution in [3.05, 3.63) is 59.2 Å². The number of sulfonamides is 1. The standard InChI is InChI=1S/C22H29N3O4S/c1-15(2)13-23-22(27)19-8-6-7-9-20(19)24-21(26)14-25(30(5,28)29)18-11-16(3)10-17(4)12-18/h6-12,15H,13-14H2,1-5H3,(H,23,27)(H,24,26). The van der Waals surface area contributed by atoms with Crippen LogP contribution in [0.1, 0.15) is 35.3 Å². The van der Waals surface area contributed by atoms with E-state index in [9.17, 15) is 18.0 Å². The number of carbonyl (C=O) groups excluding carboxylic acids is 2. The molecule has 0 unspecified atom stereocenters. The van der Waals surface area contributed by atoms with Crippen LogP contribution in [0.5, 0.6) is 0 Å². The van der Waals surface area contributed by atoms with Gasteiger partial charge in [-0.05, 0) is 55.2 Å². The zero-order valence-corrected chi connectivity index (χ0v) is 18.8. The van der Waals surface area contributed by atoms with Crippen molar-refractivity contribution < 1.29 is 18.0 Å². The van der Waals surface area contributed by atoms with Gasteiger partial charge in [-0.15, -0.1) is 0 Å². The molecule has 0 aliphatic heterocycles. The summed E-state index contributed by atoms with van der Waals surface area (Å²) < 4.78 is 25.8. The fraction of sp³-hybridized carbons (Fsp3) is 0.364. The van der Waals surface area contributed by atoms with E-state index in [-0.39, 0.29) is 11.8 Å². The molecule has 30 heavy (non-hydrogen) atoms. The average Bonchev–Trinajstić information content (AvgIpc) is 2.63. The molecule has 2 aromatic rings. The first-order valence-corrected chi connectivity index (χ1v) is 11.6. The van der Waals surface area contributed by atoms with Gasteiger partial charge < -0.3 is 10.6 Å². The van der Waals surface area contributed by atoms with Crippen molar-refractivity contribution in [2.75, 3.05) is 29.0 Å².